The molecule has 1 fully saturated rings. The molecule has 0 unspecified atom stereocenters. The zero-order valence-corrected chi connectivity index (χ0v) is 19.1. The summed E-state index contributed by atoms with van der Waals surface area (Å²) in [6.45, 7) is 5.03. The van der Waals surface area contributed by atoms with E-state index >= 15 is 0 Å². The van der Waals surface area contributed by atoms with Crippen LogP contribution >= 0.6 is 0 Å². The van der Waals surface area contributed by atoms with Crippen LogP contribution in [0.5, 0.6) is 0 Å². The molecule has 1 amide bonds. The number of rotatable bonds is 7. The Bertz CT molecular complexity index is 972. The molecule has 10 heteroatoms. The molecule has 9 nitrogen and oxygen atoms in total. The van der Waals surface area contributed by atoms with Gasteiger partial charge in [0, 0.05) is 44.0 Å². The van der Waals surface area contributed by atoms with Crippen molar-refractivity contribution in [2.75, 3.05) is 31.5 Å². The second kappa shape index (κ2) is 9.73. The number of hydrogen-bond donors (Lipinski definition) is 2. The smallest absolute Gasteiger partial charge is 0.298 e. The molecule has 1 aliphatic rings. The van der Waals surface area contributed by atoms with E-state index in [-0.39, 0.29) is 24.5 Å². The topological polar surface area (TPSA) is 97.9 Å². The lowest BCUT2D eigenvalue weighted by molar-refractivity contribution is 0.0938. The highest BCUT2D eigenvalue weighted by Gasteiger charge is 2.37. The number of benzene rings is 1. The Morgan fingerprint density at radius 2 is 1.81 bits per heavy atom. The Morgan fingerprint density at radius 3 is 2.35 bits per heavy atom. The van der Waals surface area contributed by atoms with Gasteiger partial charge in [-0.3, -0.25) is 24.4 Å². The van der Waals surface area contributed by atoms with Crippen molar-refractivity contribution in [1.29, 1.82) is 0 Å². The van der Waals surface area contributed by atoms with E-state index in [0.29, 0.717) is 24.3 Å². The van der Waals surface area contributed by atoms with Crippen molar-refractivity contribution in [1.82, 2.24) is 25.0 Å². The largest absolute Gasteiger partial charge is 0.304 e. The second-order valence-electron chi connectivity index (χ2n) is 7.81. The molecule has 1 aliphatic heterocycles. The van der Waals surface area contributed by atoms with Crippen molar-refractivity contribution in [3.63, 3.8) is 0 Å². The Kier molecular flexibility index (Phi) is 7.26. The Labute approximate surface area is 184 Å². The first kappa shape index (κ1) is 23.1. The summed E-state index contributed by atoms with van der Waals surface area (Å²) < 4.78 is 30.3. The van der Waals surface area contributed by atoms with Crippen LogP contribution in [0.4, 0.5) is 5.69 Å². The molecule has 168 valence electrons. The average molecular weight is 447 g/mol. The lowest BCUT2D eigenvalue weighted by Gasteiger charge is -2.43. The zero-order chi connectivity index (χ0) is 22.6. The number of carbonyl (C=O) groups excluding carboxylic acids is 1. The Balaban J connectivity index is 1.90. The summed E-state index contributed by atoms with van der Waals surface area (Å²) >= 11 is 0. The van der Waals surface area contributed by atoms with Gasteiger partial charge in [-0.1, -0.05) is 12.1 Å². The minimum atomic E-state index is -3.79. The van der Waals surface area contributed by atoms with Gasteiger partial charge in [-0.2, -0.15) is 12.7 Å². The van der Waals surface area contributed by atoms with Gasteiger partial charge in [0.05, 0.1) is 18.4 Å². The molecule has 0 saturated carbocycles. The molecule has 1 saturated heterocycles. The number of nitrogens with zero attached hydrogens (tertiary/aromatic N) is 4. The molecule has 1 aromatic heterocycles. The standard InChI is InChI=1S/C21H30N6O3S/c1-16-13-26(14-17(2)25(16)4)31(29,30)27(20-6-5-11-23-12-20)15-18-7-9-19(10-8-18)21(28)24-22-3/h5-12,16-17,22H,13-15H2,1-4H3,(H,24,28)/t16-,17+. The molecule has 31 heavy (non-hydrogen) atoms. The molecule has 0 aliphatic carbocycles. The van der Waals surface area contributed by atoms with Crippen molar-refractivity contribution in [3.05, 3.63) is 59.9 Å². The minimum absolute atomic E-state index is 0.110. The van der Waals surface area contributed by atoms with Gasteiger partial charge < -0.3 is 0 Å². The van der Waals surface area contributed by atoms with Crippen LogP contribution in [-0.2, 0) is 16.8 Å². The van der Waals surface area contributed by atoms with Gasteiger partial charge in [0.25, 0.3) is 5.91 Å². The fourth-order valence-corrected chi connectivity index (χ4v) is 5.38. The number of piperazine rings is 1. The first-order chi connectivity index (χ1) is 14.7. The molecule has 3 rings (SSSR count). The number of aromatic nitrogens is 1. The third kappa shape index (κ3) is 5.21. The van der Waals surface area contributed by atoms with Gasteiger partial charge in [-0.05, 0) is 50.7 Å². The number of nitrogens with one attached hydrogen (secondary N) is 2. The number of carbonyl (C=O) groups is 1. The van der Waals surface area contributed by atoms with Crippen LogP contribution in [0.15, 0.2) is 48.8 Å². The molecule has 2 atom stereocenters. The van der Waals surface area contributed by atoms with Gasteiger partial charge in [0.15, 0.2) is 0 Å². The van der Waals surface area contributed by atoms with E-state index in [0.717, 1.165) is 5.56 Å². The van der Waals surface area contributed by atoms with Crippen molar-refractivity contribution in [2.45, 2.75) is 32.5 Å². The highest BCUT2D eigenvalue weighted by atomic mass is 32.2. The summed E-state index contributed by atoms with van der Waals surface area (Å²) in [6, 6.07) is 10.6. The summed E-state index contributed by atoms with van der Waals surface area (Å²) in [5.41, 5.74) is 6.86. The van der Waals surface area contributed by atoms with E-state index < -0.39 is 10.2 Å². The van der Waals surface area contributed by atoms with E-state index in [4.69, 9.17) is 0 Å². The molecule has 2 heterocycles. The number of hydrogen-bond acceptors (Lipinski definition) is 6. The fraction of sp³-hybridized carbons (Fsp3) is 0.429. The van der Waals surface area contributed by atoms with E-state index in [9.17, 15) is 13.2 Å². The Hall–Kier alpha value is -2.53. The molecule has 0 bridgehead atoms. The van der Waals surface area contributed by atoms with E-state index in [2.05, 4.69) is 20.7 Å². The molecule has 2 N–H and O–H groups in total. The van der Waals surface area contributed by atoms with Crippen LogP contribution in [0.3, 0.4) is 0 Å². The maximum absolute atomic E-state index is 13.7. The third-order valence-corrected chi connectivity index (χ3v) is 7.49. The van der Waals surface area contributed by atoms with Crippen LogP contribution < -0.4 is 15.2 Å². The van der Waals surface area contributed by atoms with Crippen LogP contribution in [0, 0.1) is 0 Å². The normalized spacial score (nSPS) is 20.4. The SMILES string of the molecule is CNNC(=O)c1ccc(CN(c2cccnc2)S(=O)(=O)N2C[C@@H](C)N(C)[C@@H](C)C2)cc1. The van der Waals surface area contributed by atoms with Crippen LogP contribution in [0.2, 0.25) is 0 Å². The van der Waals surface area contributed by atoms with E-state index in [1.165, 1.54) is 4.31 Å². The maximum atomic E-state index is 13.7. The molecule has 1 aromatic carbocycles. The summed E-state index contributed by atoms with van der Waals surface area (Å²) in [5, 5.41) is 0. The highest BCUT2D eigenvalue weighted by Crippen LogP contribution is 2.25. The number of amides is 1. The van der Waals surface area contributed by atoms with Crippen molar-refractivity contribution < 1.29 is 13.2 Å². The predicted octanol–water partition coefficient (Wildman–Crippen LogP) is 1.22. The number of likely N-dealkylation sites (N-methyl/N-ethyl adjacent to an activating group) is 1. The molecule has 2 aromatic rings. The monoisotopic (exact) mass is 446 g/mol. The van der Waals surface area contributed by atoms with Gasteiger partial charge >= 0.3 is 10.2 Å². The second-order valence-corrected chi connectivity index (χ2v) is 9.66. The average Bonchev–Trinajstić information content (AvgIpc) is 2.76. The van der Waals surface area contributed by atoms with Crippen LogP contribution in [-0.4, -0.2) is 67.8 Å². The fourth-order valence-electron chi connectivity index (χ4n) is 3.60. The first-order valence-corrected chi connectivity index (χ1v) is 11.6. The summed E-state index contributed by atoms with van der Waals surface area (Å²) in [7, 11) is -0.157. The van der Waals surface area contributed by atoms with Gasteiger partial charge in [0.1, 0.15) is 0 Å². The maximum Gasteiger partial charge on any atom is 0.304 e. The number of hydrazine groups is 1. The van der Waals surface area contributed by atoms with E-state index in [1.807, 2.05) is 20.9 Å². The predicted molar refractivity (Wildman–Crippen MR) is 121 cm³/mol. The van der Waals surface area contributed by atoms with Gasteiger partial charge in [0.2, 0.25) is 0 Å². The third-order valence-electron chi connectivity index (χ3n) is 5.65. The minimum Gasteiger partial charge on any atom is -0.298 e. The molecular weight excluding hydrogens is 416 g/mol. The number of pyridine rings is 1. The highest BCUT2D eigenvalue weighted by molar-refractivity contribution is 7.90. The van der Waals surface area contributed by atoms with Crippen molar-refractivity contribution in [2.24, 2.45) is 0 Å². The van der Waals surface area contributed by atoms with E-state index in [1.54, 1.807) is 60.1 Å². The molecule has 0 radical (unpaired) electrons. The van der Waals surface area contributed by atoms with Crippen molar-refractivity contribution >= 4 is 21.8 Å². The molecular formula is C21H30N6O3S. The molecule has 0 spiro atoms. The first-order valence-electron chi connectivity index (χ1n) is 10.2. The summed E-state index contributed by atoms with van der Waals surface area (Å²) in [6.07, 6.45) is 3.17. The lowest BCUT2D eigenvalue weighted by Crippen LogP contribution is -2.59. The van der Waals surface area contributed by atoms with Crippen LogP contribution in [0.1, 0.15) is 29.8 Å². The zero-order valence-electron chi connectivity index (χ0n) is 18.3. The van der Waals surface area contributed by atoms with Crippen LogP contribution in [0.25, 0.3) is 0 Å². The van der Waals surface area contributed by atoms with Gasteiger partial charge in [-0.25, -0.2) is 5.43 Å². The lowest BCUT2D eigenvalue weighted by atomic mass is 10.1. The summed E-state index contributed by atoms with van der Waals surface area (Å²) in [5.74, 6) is -0.258. The number of anilines is 1. The Morgan fingerprint density at radius 1 is 1.16 bits per heavy atom. The summed E-state index contributed by atoms with van der Waals surface area (Å²) in [4.78, 5) is 18.3. The quantitative estimate of drug-likeness (QED) is 0.621. The van der Waals surface area contributed by atoms with Crippen molar-refractivity contribution in [3.8, 4) is 0 Å². The van der Waals surface area contributed by atoms with Gasteiger partial charge in [-0.15, -0.1) is 0 Å².